The Kier molecular flexibility index (Phi) is 7.99. The highest BCUT2D eigenvalue weighted by Crippen LogP contribution is 2.31. The third-order valence-electron chi connectivity index (χ3n) is 4.26. The molecule has 0 heterocycles. The highest BCUT2D eigenvalue weighted by atomic mass is 16.5. The van der Waals surface area contributed by atoms with Crippen molar-refractivity contribution >= 4 is 5.91 Å². The minimum atomic E-state index is -0.164. The van der Waals surface area contributed by atoms with E-state index in [-0.39, 0.29) is 18.4 Å². The van der Waals surface area contributed by atoms with Gasteiger partial charge in [-0.05, 0) is 56.2 Å². The second-order valence-electron chi connectivity index (χ2n) is 6.23. The van der Waals surface area contributed by atoms with E-state index in [0.717, 1.165) is 11.1 Å². The summed E-state index contributed by atoms with van der Waals surface area (Å²) in [5.41, 5.74) is 1.80. The average Bonchev–Trinajstić information content (AvgIpc) is 2.69. The molecule has 2 aromatic carbocycles. The third-order valence-corrected chi connectivity index (χ3v) is 4.26. The van der Waals surface area contributed by atoms with Gasteiger partial charge in [0.15, 0.2) is 23.0 Å². The predicted octanol–water partition coefficient (Wildman–Crippen LogP) is 3.92. The van der Waals surface area contributed by atoms with Crippen molar-refractivity contribution in [3.8, 4) is 23.0 Å². The predicted molar refractivity (Wildman–Crippen MR) is 109 cm³/mol. The number of hydrogen-bond acceptors (Lipinski definition) is 5. The molecular weight excluding hydrogens is 358 g/mol. The van der Waals surface area contributed by atoms with E-state index in [1.54, 1.807) is 20.3 Å². The number of hydrogen-bond donors (Lipinski definition) is 1. The number of methoxy groups -OCH3 is 2. The fourth-order valence-electron chi connectivity index (χ4n) is 2.89. The van der Waals surface area contributed by atoms with E-state index in [0.29, 0.717) is 36.2 Å². The Morgan fingerprint density at radius 2 is 1.54 bits per heavy atom. The van der Waals surface area contributed by atoms with Gasteiger partial charge in [0.1, 0.15) is 0 Å². The zero-order chi connectivity index (χ0) is 20.5. The van der Waals surface area contributed by atoms with Gasteiger partial charge in [0, 0.05) is 0 Å². The maximum atomic E-state index is 12.5. The van der Waals surface area contributed by atoms with Crippen LogP contribution in [-0.2, 0) is 11.2 Å². The maximum Gasteiger partial charge on any atom is 0.224 e. The van der Waals surface area contributed by atoms with Crippen LogP contribution in [-0.4, -0.2) is 33.3 Å². The average molecular weight is 387 g/mol. The van der Waals surface area contributed by atoms with Crippen LogP contribution in [0.15, 0.2) is 36.4 Å². The van der Waals surface area contributed by atoms with E-state index in [1.165, 1.54) is 0 Å². The lowest BCUT2D eigenvalue weighted by atomic mass is 10.1. The molecule has 2 rings (SSSR count). The normalized spacial score (nSPS) is 11.5. The third kappa shape index (κ3) is 5.55. The molecule has 0 aliphatic rings. The summed E-state index contributed by atoms with van der Waals surface area (Å²) >= 11 is 0. The van der Waals surface area contributed by atoms with Gasteiger partial charge in [0.25, 0.3) is 0 Å². The van der Waals surface area contributed by atoms with E-state index >= 15 is 0 Å². The van der Waals surface area contributed by atoms with Crippen molar-refractivity contribution < 1.29 is 23.7 Å². The largest absolute Gasteiger partial charge is 0.493 e. The molecule has 1 atom stereocenters. The molecule has 2 aromatic rings. The summed E-state index contributed by atoms with van der Waals surface area (Å²) in [5, 5.41) is 3.02. The first-order chi connectivity index (χ1) is 13.5. The quantitative estimate of drug-likeness (QED) is 0.669. The summed E-state index contributed by atoms with van der Waals surface area (Å²) < 4.78 is 21.8. The lowest BCUT2D eigenvalue weighted by Gasteiger charge is -2.18. The topological polar surface area (TPSA) is 66.0 Å². The molecule has 6 heteroatoms. The van der Waals surface area contributed by atoms with Gasteiger partial charge in [-0.2, -0.15) is 0 Å². The minimum Gasteiger partial charge on any atom is -0.493 e. The fraction of sp³-hybridized carbons (Fsp3) is 0.409. The second kappa shape index (κ2) is 10.4. The Hall–Kier alpha value is -2.89. The van der Waals surface area contributed by atoms with Crippen molar-refractivity contribution in [2.75, 3.05) is 27.4 Å². The van der Waals surface area contributed by atoms with Crippen LogP contribution in [0.5, 0.6) is 23.0 Å². The highest BCUT2D eigenvalue weighted by Gasteiger charge is 2.14. The van der Waals surface area contributed by atoms with Crippen molar-refractivity contribution in [2.24, 2.45) is 0 Å². The first-order valence-electron chi connectivity index (χ1n) is 9.42. The smallest absolute Gasteiger partial charge is 0.224 e. The number of carbonyl (C=O) groups is 1. The van der Waals surface area contributed by atoms with Gasteiger partial charge in [-0.15, -0.1) is 0 Å². The molecule has 0 aliphatic heterocycles. The van der Waals surface area contributed by atoms with Gasteiger partial charge in [0.2, 0.25) is 5.91 Å². The van der Waals surface area contributed by atoms with Crippen LogP contribution in [0.4, 0.5) is 0 Å². The monoisotopic (exact) mass is 387 g/mol. The van der Waals surface area contributed by atoms with E-state index in [9.17, 15) is 4.79 Å². The molecule has 0 fully saturated rings. The molecule has 0 saturated carbocycles. The van der Waals surface area contributed by atoms with Crippen LogP contribution >= 0.6 is 0 Å². The Balaban J connectivity index is 2.06. The Labute approximate surface area is 166 Å². The SMILES string of the molecule is CCOc1ccc([C@H](C)NC(=O)Cc2ccc(OC)c(OC)c2)cc1OCC. The van der Waals surface area contributed by atoms with Gasteiger partial charge < -0.3 is 24.3 Å². The molecule has 0 aliphatic carbocycles. The van der Waals surface area contributed by atoms with E-state index < -0.39 is 0 Å². The Morgan fingerprint density at radius 1 is 0.893 bits per heavy atom. The number of rotatable bonds is 10. The molecule has 0 bridgehead atoms. The number of carbonyl (C=O) groups excluding carboxylic acids is 1. The van der Waals surface area contributed by atoms with E-state index in [1.807, 2.05) is 51.1 Å². The van der Waals surface area contributed by atoms with Crippen LogP contribution in [0.3, 0.4) is 0 Å². The molecule has 1 amide bonds. The van der Waals surface area contributed by atoms with Gasteiger partial charge in [0.05, 0.1) is 39.9 Å². The number of benzene rings is 2. The van der Waals surface area contributed by atoms with Gasteiger partial charge in [-0.3, -0.25) is 4.79 Å². The second-order valence-corrected chi connectivity index (χ2v) is 6.23. The molecule has 152 valence electrons. The van der Waals surface area contributed by atoms with Crippen LogP contribution in [0.2, 0.25) is 0 Å². The standard InChI is InChI=1S/C22H29NO5/c1-6-27-19-11-9-17(14-21(19)28-7-2)15(3)23-22(24)13-16-8-10-18(25-4)20(12-16)26-5/h8-12,14-15H,6-7,13H2,1-5H3,(H,23,24)/t15-/m0/s1. The summed E-state index contributed by atoms with van der Waals surface area (Å²) in [7, 11) is 3.16. The van der Waals surface area contributed by atoms with Crippen molar-refractivity contribution in [3.63, 3.8) is 0 Å². The molecule has 0 radical (unpaired) electrons. The summed E-state index contributed by atoms with van der Waals surface area (Å²) in [5.74, 6) is 2.55. The molecule has 0 unspecified atom stereocenters. The van der Waals surface area contributed by atoms with Crippen molar-refractivity contribution in [2.45, 2.75) is 33.2 Å². The number of ether oxygens (including phenoxy) is 4. The van der Waals surface area contributed by atoms with Crippen LogP contribution in [0.25, 0.3) is 0 Å². The van der Waals surface area contributed by atoms with Gasteiger partial charge in [-0.1, -0.05) is 12.1 Å². The molecule has 6 nitrogen and oxygen atoms in total. The van der Waals surface area contributed by atoms with E-state index in [2.05, 4.69) is 5.32 Å². The summed E-state index contributed by atoms with van der Waals surface area (Å²) in [4.78, 5) is 12.5. The van der Waals surface area contributed by atoms with Crippen molar-refractivity contribution in [3.05, 3.63) is 47.5 Å². The molecule has 0 saturated heterocycles. The zero-order valence-electron chi connectivity index (χ0n) is 17.2. The zero-order valence-corrected chi connectivity index (χ0v) is 17.2. The minimum absolute atomic E-state index is 0.0773. The lowest BCUT2D eigenvalue weighted by Crippen LogP contribution is -2.28. The van der Waals surface area contributed by atoms with Crippen LogP contribution < -0.4 is 24.3 Å². The van der Waals surface area contributed by atoms with Gasteiger partial charge >= 0.3 is 0 Å². The van der Waals surface area contributed by atoms with E-state index in [4.69, 9.17) is 18.9 Å². The molecular formula is C22H29NO5. The first-order valence-corrected chi connectivity index (χ1v) is 9.42. The van der Waals surface area contributed by atoms with Crippen molar-refractivity contribution in [1.29, 1.82) is 0 Å². The Morgan fingerprint density at radius 3 is 2.18 bits per heavy atom. The van der Waals surface area contributed by atoms with Crippen LogP contribution in [0.1, 0.15) is 37.9 Å². The number of amides is 1. The molecule has 28 heavy (non-hydrogen) atoms. The summed E-state index contributed by atoms with van der Waals surface area (Å²) in [6, 6.07) is 11.0. The summed E-state index contributed by atoms with van der Waals surface area (Å²) in [6.45, 7) is 6.91. The molecule has 1 N–H and O–H groups in total. The molecule has 0 aromatic heterocycles. The first kappa shape index (κ1) is 21.4. The Bertz CT molecular complexity index is 790. The van der Waals surface area contributed by atoms with Crippen molar-refractivity contribution in [1.82, 2.24) is 5.32 Å². The highest BCUT2D eigenvalue weighted by molar-refractivity contribution is 5.79. The fourth-order valence-corrected chi connectivity index (χ4v) is 2.89. The maximum absolute atomic E-state index is 12.5. The van der Waals surface area contributed by atoms with Gasteiger partial charge in [-0.25, -0.2) is 0 Å². The number of nitrogens with one attached hydrogen (secondary N) is 1. The van der Waals surface area contributed by atoms with Crippen LogP contribution in [0, 0.1) is 0 Å². The molecule has 0 spiro atoms. The summed E-state index contributed by atoms with van der Waals surface area (Å²) in [6.07, 6.45) is 0.250. The lowest BCUT2D eigenvalue weighted by molar-refractivity contribution is -0.121.